The van der Waals surface area contributed by atoms with Crippen LogP contribution in [0.25, 0.3) is 0 Å². The number of fused-ring (bicyclic) bond motifs is 2. The van der Waals surface area contributed by atoms with E-state index in [9.17, 15) is 15.0 Å². The first kappa shape index (κ1) is 24.3. The van der Waals surface area contributed by atoms with E-state index in [-0.39, 0.29) is 5.41 Å². The molecule has 0 aromatic heterocycles. The Bertz CT molecular complexity index is 825. The van der Waals surface area contributed by atoms with Gasteiger partial charge in [-0.1, -0.05) is 34.6 Å². The second-order valence-electron chi connectivity index (χ2n) is 15.0. The molecule has 2 unspecified atom stereocenters. The SMILES string of the molecule is CC(CCC(O)C(C)(C)O)[C@H]1CC[C@@]2(C)[C@@H]3CC[C@H]4C(C)(C)C(=O)CC[C@@]45C[C@@]35CC[C@]12C. The van der Waals surface area contributed by atoms with Crippen molar-refractivity contribution in [2.45, 2.75) is 131 Å². The van der Waals surface area contributed by atoms with Crippen molar-refractivity contribution in [2.24, 2.45) is 50.7 Å². The molecule has 0 saturated heterocycles. The normalized spacial score (nSPS) is 50.0. The van der Waals surface area contributed by atoms with Crippen LogP contribution in [-0.2, 0) is 4.79 Å². The first-order valence-electron chi connectivity index (χ1n) is 14.1. The summed E-state index contributed by atoms with van der Waals surface area (Å²) in [6.45, 7) is 15.7. The summed E-state index contributed by atoms with van der Waals surface area (Å²) in [5.74, 6) is 3.25. The van der Waals surface area contributed by atoms with Crippen LogP contribution in [0.3, 0.4) is 0 Å². The first-order valence-corrected chi connectivity index (χ1v) is 14.1. The predicted octanol–water partition coefficient (Wildman–Crippen LogP) is 6.54. The van der Waals surface area contributed by atoms with E-state index in [1.807, 2.05) is 0 Å². The topological polar surface area (TPSA) is 57.5 Å². The largest absolute Gasteiger partial charge is 0.390 e. The molecule has 33 heavy (non-hydrogen) atoms. The van der Waals surface area contributed by atoms with Crippen LogP contribution < -0.4 is 0 Å². The summed E-state index contributed by atoms with van der Waals surface area (Å²) >= 11 is 0. The van der Waals surface area contributed by atoms with Gasteiger partial charge in [-0.05, 0) is 123 Å². The van der Waals surface area contributed by atoms with E-state index in [0.717, 1.165) is 25.2 Å². The lowest BCUT2D eigenvalue weighted by Crippen LogP contribution is -2.57. The van der Waals surface area contributed by atoms with E-state index >= 15 is 0 Å². The number of carbonyl (C=O) groups excluding carboxylic acids is 1. The molecule has 5 aliphatic rings. The molecule has 2 spiro atoms. The predicted molar refractivity (Wildman–Crippen MR) is 133 cm³/mol. The van der Waals surface area contributed by atoms with Crippen molar-refractivity contribution in [3.8, 4) is 0 Å². The molecular formula is C30H50O3. The van der Waals surface area contributed by atoms with Gasteiger partial charge in [-0.25, -0.2) is 0 Å². The number of rotatable bonds is 5. The van der Waals surface area contributed by atoms with Crippen LogP contribution in [-0.4, -0.2) is 27.7 Å². The summed E-state index contributed by atoms with van der Waals surface area (Å²) < 4.78 is 0. The van der Waals surface area contributed by atoms with Gasteiger partial charge in [-0.3, -0.25) is 4.79 Å². The summed E-state index contributed by atoms with van der Waals surface area (Å²) in [7, 11) is 0. The summed E-state index contributed by atoms with van der Waals surface area (Å²) in [6, 6.07) is 0. The third-order valence-corrected chi connectivity index (χ3v) is 13.3. The molecule has 5 saturated carbocycles. The highest BCUT2D eigenvalue weighted by molar-refractivity contribution is 5.86. The molecule has 3 nitrogen and oxygen atoms in total. The van der Waals surface area contributed by atoms with Crippen LogP contribution >= 0.6 is 0 Å². The molecule has 3 heteroatoms. The van der Waals surface area contributed by atoms with E-state index in [0.29, 0.717) is 51.6 Å². The number of hydrogen-bond donors (Lipinski definition) is 2. The van der Waals surface area contributed by atoms with E-state index in [2.05, 4.69) is 34.6 Å². The maximum Gasteiger partial charge on any atom is 0.138 e. The van der Waals surface area contributed by atoms with Crippen LogP contribution in [0.1, 0.15) is 119 Å². The number of hydrogen-bond acceptors (Lipinski definition) is 3. The van der Waals surface area contributed by atoms with Gasteiger partial charge in [-0.2, -0.15) is 0 Å². The molecule has 5 aliphatic carbocycles. The lowest BCUT2D eigenvalue weighted by Gasteiger charge is -2.62. The molecule has 2 N–H and O–H groups in total. The van der Waals surface area contributed by atoms with Gasteiger partial charge in [0.2, 0.25) is 0 Å². The molecule has 5 rings (SSSR count). The Morgan fingerprint density at radius 3 is 2.21 bits per heavy atom. The minimum Gasteiger partial charge on any atom is -0.390 e. The smallest absolute Gasteiger partial charge is 0.138 e. The maximum atomic E-state index is 12.8. The Balaban J connectivity index is 1.37. The lowest BCUT2D eigenvalue weighted by atomic mass is 9.42. The van der Waals surface area contributed by atoms with Crippen LogP contribution in [0.5, 0.6) is 0 Å². The van der Waals surface area contributed by atoms with Gasteiger partial charge in [0.15, 0.2) is 0 Å². The molecule has 0 aromatic rings. The highest BCUT2D eigenvalue weighted by Crippen LogP contribution is 2.88. The number of aliphatic hydroxyl groups excluding tert-OH is 1. The van der Waals surface area contributed by atoms with Crippen molar-refractivity contribution in [2.75, 3.05) is 0 Å². The second kappa shape index (κ2) is 7.09. The van der Waals surface area contributed by atoms with Crippen molar-refractivity contribution < 1.29 is 15.0 Å². The average Bonchev–Trinajstić information content (AvgIpc) is 3.31. The van der Waals surface area contributed by atoms with Crippen LogP contribution in [0.2, 0.25) is 0 Å². The molecule has 0 aliphatic heterocycles. The highest BCUT2D eigenvalue weighted by atomic mass is 16.3. The zero-order valence-corrected chi connectivity index (χ0v) is 22.5. The fourth-order valence-corrected chi connectivity index (χ4v) is 11.1. The summed E-state index contributed by atoms with van der Waals surface area (Å²) in [5.41, 5.74) is 0.606. The molecule has 0 radical (unpaired) electrons. The Morgan fingerprint density at radius 1 is 0.909 bits per heavy atom. The minimum atomic E-state index is -1.01. The Kier molecular flexibility index (Phi) is 5.22. The summed E-state index contributed by atoms with van der Waals surface area (Å²) in [5, 5.41) is 20.6. The first-order chi connectivity index (χ1) is 15.2. The van der Waals surface area contributed by atoms with E-state index in [1.165, 1.54) is 44.9 Å². The molecule has 0 amide bonds. The molecule has 0 bridgehead atoms. The average molecular weight is 459 g/mol. The quantitative estimate of drug-likeness (QED) is 0.491. The Labute approximate surface area is 202 Å². The fraction of sp³-hybridized carbons (Fsp3) is 0.967. The van der Waals surface area contributed by atoms with Crippen LogP contribution in [0.4, 0.5) is 0 Å². The van der Waals surface area contributed by atoms with E-state index in [4.69, 9.17) is 0 Å². The third-order valence-electron chi connectivity index (χ3n) is 13.3. The van der Waals surface area contributed by atoms with Gasteiger partial charge in [-0.15, -0.1) is 0 Å². The van der Waals surface area contributed by atoms with Gasteiger partial charge >= 0.3 is 0 Å². The van der Waals surface area contributed by atoms with Crippen LogP contribution in [0, 0.1) is 50.7 Å². The monoisotopic (exact) mass is 458 g/mol. The third kappa shape index (κ3) is 2.96. The van der Waals surface area contributed by atoms with Gasteiger partial charge in [0.1, 0.15) is 5.78 Å². The van der Waals surface area contributed by atoms with Crippen molar-refractivity contribution in [3.63, 3.8) is 0 Å². The zero-order chi connectivity index (χ0) is 24.2. The Morgan fingerprint density at radius 2 is 1.55 bits per heavy atom. The van der Waals surface area contributed by atoms with Crippen molar-refractivity contribution in [3.05, 3.63) is 0 Å². The van der Waals surface area contributed by atoms with Crippen molar-refractivity contribution in [1.82, 2.24) is 0 Å². The maximum absolute atomic E-state index is 12.8. The minimum absolute atomic E-state index is 0.123. The van der Waals surface area contributed by atoms with Crippen LogP contribution in [0.15, 0.2) is 0 Å². The molecule has 9 atom stereocenters. The van der Waals surface area contributed by atoms with Crippen molar-refractivity contribution in [1.29, 1.82) is 0 Å². The lowest BCUT2D eigenvalue weighted by molar-refractivity contribution is -0.157. The number of aliphatic hydroxyl groups is 2. The summed E-state index contributed by atoms with van der Waals surface area (Å²) in [6.07, 6.45) is 12.4. The number of carbonyl (C=O) groups is 1. The van der Waals surface area contributed by atoms with Gasteiger partial charge < -0.3 is 10.2 Å². The van der Waals surface area contributed by atoms with Gasteiger partial charge in [0.05, 0.1) is 11.7 Å². The molecule has 5 fully saturated rings. The standard InChI is InChI=1S/C30H50O3/c1-19(8-11-24(32)26(4,5)33)20-12-14-28(7)22-10-9-21-25(2,3)23(31)13-15-29(21)18-30(22,29)17-16-27(20,28)6/h19-22,24,32-33H,8-18H2,1-7H3/t19?,20-,21+,22+,24?,27-,28+,29-,30+/m1/s1. The molecule has 188 valence electrons. The molecule has 0 aromatic carbocycles. The fourth-order valence-electron chi connectivity index (χ4n) is 11.1. The van der Waals surface area contributed by atoms with Gasteiger partial charge in [0.25, 0.3) is 0 Å². The number of Topliss-reactive ketones (excluding diaryl/α,β-unsaturated/α-hetero) is 1. The van der Waals surface area contributed by atoms with Gasteiger partial charge in [0, 0.05) is 11.8 Å². The zero-order valence-electron chi connectivity index (χ0n) is 22.5. The summed E-state index contributed by atoms with van der Waals surface area (Å²) in [4.78, 5) is 12.8. The second-order valence-corrected chi connectivity index (χ2v) is 15.0. The van der Waals surface area contributed by atoms with Crippen molar-refractivity contribution >= 4 is 5.78 Å². The Hall–Kier alpha value is -0.410. The van der Waals surface area contributed by atoms with E-state index in [1.54, 1.807) is 13.8 Å². The highest BCUT2D eigenvalue weighted by Gasteiger charge is 2.82. The number of ketones is 1. The van der Waals surface area contributed by atoms with E-state index < -0.39 is 11.7 Å². The molecule has 0 heterocycles. The molecular weight excluding hydrogens is 408 g/mol.